The number of Topliss-reactive ketones (excluding diaryl/α,β-unsaturated/α-hetero) is 1. The summed E-state index contributed by atoms with van der Waals surface area (Å²) in [5, 5.41) is 21.0. The Balaban J connectivity index is 2.44. The number of aliphatic hydroxyl groups is 2. The minimum atomic E-state index is -1.54. The molecule has 0 aliphatic rings. The first-order chi connectivity index (χ1) is 9.90. The minimum Gasteiger partial charge on any atom is -0.368 e. The molecule has 0 saturated heterocycles. The maximum absolute atomic E-state index is 11.8. The molecule has 0 fully saturated rings. The Bertz CT molecular complexity index is 463. The van der Waals surface area contributed by atoms with Crippen LogP contribution in [0, 0.1) is 11.8 Å². The Hall–Kier alpha value is -1.86. The summed E-state index contributed by atoms with van der Waals surface area (Å²) in [7, 11) is 0. The number of carbonyl (C=O) groups excluding carboxylic acids is 2. The topological polar surface area (TPSA) is 112 Å². The van der Waals surface area contributed by atoms with Crippen molar-refractivity contribution in [1.82, 2.24) is 15.3 Å². The van der Waals surface area contributed by atoms with Gasteiger partial charge in [0, 0.05) is 24.7 Å². The van der Waals surface area contributed by atoms with Crippen molar-refractivity contribution in [3.05, 3.63) is 24.3 Å². The van der Waals surface area contributed by atoms with Gasteiger partial charge >= 0.3 is 0 Å². The van der Waals surface area contributed by atoms with Crippen molar-refractivity contribution in [3.63, 3.8) is 0 Å². The molecule has 0 radical (unpaired) electrons. The summed E-state index contributed by atoms with van der Waals surface area (Å²) >= 11 is 0. The summed E-state index contributed by atoms with van der Waals surface area (Å²) in [6, 6.07) is 0. The molecule has 0 aliphatic heterocycles. The molecule has 1 amide bonds. The average molecular weight is 295 g/mol. The highest BCUT2D eigenvalue weighted by Crippen LogP contribution is 2.18. The molecule has 0 unspecified atom stereocenters. The molecule has 21 heavy (non-hydrogen) atoms. The first-order valence-electron chi connectivity index (χ1n) is 6.82. The fourth-order valence-corrected chi connectivity index (χ4v) is 1.97. The lowest BCUT2D eigenvalue weighted by Gasteiger charge is -2.20. The second-order valence-corrected chi connectivity index (χ2v) is 5.32. The summed E-state index contributed by atoms with van der Waals surface area (Å²) in [4.78, 5) is 31.1. The highest BCUT2D eigenvalue weighted by Gasteiger charge is 2.22. The lowest BCUT2D eigenvalue weighted by molar-refractivity contribution is -0.127. The van der Waals surface area contributed by atoms with Gasteiger partial charge in [0.2, 0.25) is 0 Å². The van der Waals surface area contributed by atoms with Gasteiger partial charge in [0.25, 0.3) is 5.91 Å². The molecule has 7 heteroatoms. The van der Waals surface area contributed by atoms with Crippen molar-refractivity contribution in [1.29, 1.82) is 0 Å². The predicted molar refractivity (Wildman–Crippen MR) is 75.2 cm³/mol. The van der Waals surface area contributed by atoms with Crippen LogP contribution in [0.25, 0.3) is 0 Å². The number of rotatable bonds is 8. The van der Waals surface area contributed by atoms with Crippen molar-refractivity contribution >= 4 is 11.7 Å². The van der Waals surface area contributed by atoms with E-state index < -0.39 is 18.1 Å². The van der Waals surface area contributed by atoms with Crippen molar-refractivity contribution < 1.29 is 19.8 Å². The van der Waals surface area contributed by atoms with Crippen LogP contribution in [0.15, 0.2) is 18.6 Å². The molecule has 7 nitrogen and oxygen atoms in total. The Kier molecular flexibility index (Phi) is 6.90. The molecule has 0 aliphatic carbocycles. The monoisotopic (exact) mass is 295 g/mol. The highest BCUT2D eigenvalue weighted by atomic mass is 16.5. The Morgan fingerprint density at radius 3 is 2.52 bits per heavy atom. The van der Waals surface area contributed by atoms with Crippen LogP contribution in [-0.2, 0) is 4.79 Å². The first kappa shape index (κ1) is 17.2. The number of aliphatic hydroxyl groups excluding tert-OH is 1. The largest absolute Gasteiger partial charge is 0.368 e. The SMILES string of the molecule is CC(C)C[C@@H](CC(=O)CNC(=O)c1cnccn1)C(O)O. The molecule has 0 bridgehead atoms. The van der Waals surface area contributed by atoms with Gasteiger partial charge in [-0.1, -0.05) is 13.8 Å². The highest BCUT2D eigenvalue weighted by molar-refractivity contribution is 5.94. The molecule has 0 aromatic carbocycles. The van der Waals surface area contributed by atoms with Gasteiger partial charge in [0.15, 0.2) is 12.1 Å². The summed E-state index contributed by atoms with van der Waals surface area (Å²) < 4.78 is 0. The van der Waals surface area contributed by atoms with Crippen LogP contribution < -0.4 is 5.32 Å². The molecule has 0 spiro atoms. The molecule has 3 N–H and O–H groups in total. The van der Waals surface area contributed by atoms with E-state index in [4.69, 9.17) is 0 Å². The Morgan fingerprint density at radius 1 is 1.29 bits per heavy atom. The van der Waals surface area contributed by atoms with E-state index in [1.807, 2.05) is 13.8 Å². The van der Waals surface area contributed by atoms with Gasteiger partial charge in [-0.3, -0.25) is 14.6 Å². The predicted octanol–water partition coefficient (Wildman–Crippen LogP) is 0.139. The van der Waals surface area contributed by atoms with Gasteiger partial charge in [0.05, 0.1) is 12.7 Å². The number of amides is 1. The lowest BCUT2D eigenvalue weighted by atomic mass is 9.92. The minimum absolute atomic E-state index is 0.0105. The summed E-state index contributed by atoms with van der Waals surface area (Å²) in [6.07, 6.45) is 3.14. The Morgan fingerprint density at radius 2 is 2.00 bits per heavy atom. The van der Waals surface area contributed by atoms with E-state index >= 15 is 0 Å². The van der Waals surface area contributed by atoms with Crippen molar-refractivity contribution in [2.24, 2.45) is 11.8 Å². The van der Waals surface area contributed by atoms with E-state index in [1.165, 1.54) is 18.6 Å². The van der Waals surface area contributed by atoms with Crippen molar-refractivity contribution in [2.75, 3.05) is 6.54 Å². The summed E-state index contributed by atoms with van der Waals surface area (Å²) in [5.41, 5.74) is 0.131. The molecule has 1 heterocycles. The smallest absolute Gasteiger partial charge is 0.271 e. The summed E-state index contributed by atoms with van der Waals surface area (Å²) in [6.45, 7) is 3.71. The second kappa shape index (κ2) is 8.43. The van der Waals surface area contributed by atoms with Crippen LogP contribution in [0.2, 0.25) is 0 Å². The molecule has 1 aromatic rings. The number of nitrogens with zero attached hydrogens (tertiary/aromatic N) is 2. The lowest BCUT2D eigenvalue weighted by Crippen LogP contribution is -2.33. The fraction of sp³-hybridized carbons (Fsp3) is 0.571. The van der Waals surface area contributed by atoms with Gasteiger partial charge in [-0.05, 0) is 12.3 Å². The number of ketones is 1. The van der Waals surface area contributed by atoms with Gasteiger partial charge < -0.3 is 15.5 Å². The zero-order valence-corrected chi connectivity index (χ0v) is 12.2. The number of aromatic nitrogens is 2. The number of hydrogen-bond donors (Lipinski definition) is 3. The molecular formula is C14H21N3O4. The van der Waals surface area contributed by atoms with Crippen LogP contribution in [0.4, 0.5) is 0 Å². The molecular weight excluding hydrogens is 274 g/mol. The standard InChI is InChI=1S/C14H21N3O4/c1-9(2)5-10(14(20)21)6-11(18)7-17-13(19)12-8-15-3-4-16-12/h3-4,8-10,14,20-21H,5-7H2,1-2H3,(H,17,19)/t10-/m0/s1. The normalized spacial score (nSPS) is 12.5. The van der Waals surface area contributed by atoms with E-state index in [1.54, 1.807) is 0 Å². The van der Waals surface area contributed by atoms with Crippen LogP contribution in [0.1, 0.15) is 37.2 Å². The third-order valence-corrected chi connectivity index (χ3v) is 2.93. The molecule has 116 valence electrons. The van der Waals surface area contributed by atoms with Crippen molar-refractivity contribution in [3.8, 4) is 0 Å². The van der Waals surface area contributed by atoms with Gasteiger partial charge in [0.1, 0.15) is 5.69 Å². The van der Waals surface area contributed by atoms with Crippen LogP contribution >= 0.6 is 0 Å². The Labute approximate surface area is 123 Å². The molecule has 0 saturated carbocycles. The second-order valence-electron chi connectivity index (χ2n) is 5.32. The van der Waals surface area contributed by atoms with Gasteiger partial charge in [-0.25, -0.2) is 4.98 Å². The zero-order chi connectivity index (χ0) is 15.8. The van der Waals surface area contributed by atoms with Crippen LogP contribution in [0.5, 0.6) is 0 Å². The van der Waals surface area contributed by atoms with E-state index in [9.17, 15) is 19.8 Å². The van der Waals surface area contributed by atoms with Gasteiger partial charge in [-0.2, -0.15) is 0 Å². The number of nitrogens with one attached hydrogen (secondary N) is 1. The van der Waals surface area contributed by atoms with Crippen LogP contribution in [-0.4, -0.2) is 44.7 Å². The fourth-order valence-electron chi connectivity index (χ4n) is 1.97. The third-order valence-electron chi connectivity index (χ3n) is 2.93. The molecule has 1 rings (SSSR count). The van der Waals surface area contributed by atoms with E-state index in [0.717, 1.165) is 0 Å². The van der Waals surface area contributed by atoms with E-state index in [-0.39, 0.29) is 30.4 Å². The summed E-state index contributed by atoms with van der Waals surface area (Å²) in [5.74, 6) is -1.02. The number of hydrogen-bond acceptors (Lipinski definition) is 6. The molecule has 1 atom stereocenters. The van der Waals surface area contributed by atoms with Crippen molar-refractivity contribution in [2.45, 2.75) is 33.0 Å². The first-order valence-corrected chi connectivity index (χ1v) is 6.82. The van der Waals surface area contributed by atoms with Crippen LogP contribution in [0.3, 0.4) is 0 Å². The number of carbonyl (C=O) groups is 2. The van der Waals surface area contributed by atoms with Gasteiger partial charge in [-0.15, -0.1) is 0 Å². The third kappa shape index (κ3) is 6.42. The molecule has 1 aromatic heterocycles. The van der Waals surface area contributed by atoms with E-state index in [0.29, 0.717) is 6.42 Å². The average Bonchev–Trinajstić information content (AvgIpc) is 2.44. The van der Waals surface area contributed by atoms with E-state index in [2.05, 4.69) is 15.3 Å². The quantitative estimate of drug-likeness (QED) is 0.588. The maximum Gasteiger partial charge on any atom is 0.271 e. The zero-order valence-electron chi connectivity index (χ0n) is 12.2. The maximum atomic E-state index is 11.8.